The molecule has 1 heterocycles. The van der Waals surface area contributed by atoms with Crippen molar-refractivity contribution in [2.24, 2.45) is 0 Å². The molecule has 1 aliphatic rings. The van der Waals surface area contributed by atoms with Crippen molar-refractivity contribution in [3.05, 3.63) is 39.2 Å². The van der Waals surface area contributed by atoms with Gasteiger partial charge in [0.05, 0.1) is 5.69 Å². The standard InChI is InChI=1S/C13H12ClNS/c1-13(2)7-10-11(15-12(14)16-10)8-5-3-4-6-9(8)13/h3-6H,7H2,1-2H3. The SMILES string of the molecule is CC1(C)Cc2sc(Cl)nc2-c2ccccc21. The van der Waals surface area contributed by atoms with E-state index in [0.29, 0.717) is 4.47 Å². The van der Waals surface area contributed by atoms with Gasteiger partial charge in [-0.05, 0) is 17.4 Å². The molecule has 3 heteroatoms. The van der Waals surface area contributed by atoms with E-state index in [1.165, 1.54) is 16.0 Å². The van der Waals surface area contributed by atoms with E-state index in [1.807, 2.05) is 0 Å². The highest BCUT2D eigenvalue weighted by Gasteiger charge is 2.32. The Hall–Kier alpha value is -0.860. The van der Waals surface area contributed by atoms with E-state index in [0.717, 1.165) is 12.1 Å². The van der Waals surface area contributed by atoms with Crippen molar-refractivity contribution in [2.75, 3.05) is 0 Å². The Morgan fingerprint density at radius 1 is 1.31 bits per heavy atom. The summed E-state index contributed by atoms with van der Waals surface area (Å²) in [5, 5.41) is 0. The first kappa shape index (κ1) is 10.3. The zero-order valence-corrected chi connectivity index (χ0v) is 10.8. The third-order valence-corrected chi connectivity index (χ3v) is 4.34. The maximum Gasteiger partial charge on any atom is 0.184 e. The van der Waals surface area contributed by atoms with Gasteiger partial charge in [0.2, 0.25) is 0 Å². The summed E-state index contributed by atoms with van der Waals surface area (Å²) in [4.78, 5) is 5.76. The van der Waals surface area contributed by atoms with Crippen LogP contribution in [0.4, 0.5) is 0 Å². The summed E-state index contributed by atoms with van der Waals surface area (Å²) in [7, 11) is 0. The van der Waals surface area contributed by atoms with E-state index < -0.39 is 0 Å². The largest absolute Gasteiger partial charge is 0.225 e. The summed E-state index contributed by atoms with van der Waals surface area (Å²) in [6.07, 6.45) is 1.03. The predicted octanol–water partition coefficient (Wildman–Crippen LogP) is 4.30. The minimum absolute atomic E-state index is 0.180. The molecule has 0 fully saturated rings. The Labute approximate surface area is 104 Å². The zero-order chi connectivity index (χ0) is 11.3. The molecule has 0 bridgehead atoms. The van der Waals surface area contributed by atoms with Crippen LogP contribution in [-0.2, 0) is 11.8 Å². The maximum absolute atomic E-state index is 6.02. The van der Waals surface area contributed by atoms with Crippen LogP contribution in [0, 0.1) is 0 Å². The molecule has 0 saturated heterocycles. The zero-order valence-electron chi connectivity index (χ0n) is 9.25. The molecule has 3 rings (SSSR count). The fourth-order valence-electron chi connectivity index (χ4n) is 2.43. The summed E-state index contributed by atoms with van der Waals surface area (Å²) >= 11 is 7.63. The quantitative estimate of drug-likeness (QED) is 0.679. The number of hydrogen-bond acceptors (Lipinski definition) is 2. The van der Waals surface area contributed by atoms with Gasteiger partial charge in [0, 0.05) is 10.4 Å². The van der Waals surface area contributed by atoms with E-state index in [4.69, 9.17) is 11.6 Å². The molecule has 0 radical (unpaired) electrons. The molecule has 0 N–H and O–H groups in total. The molecule has 0 spiro atoms. The summed E-state index contributed by atoms with van der Waals surface area (Å²) < 4.78 is 0.650. The van der Waals surface area contributed by atoms with Crippen molar-refractivity contribution in [3.8, 4) is 11.3 Å². The van der Waals surface area contributed by atoms with Gasteiger partial charge in [-0.2, -0.15) is 0 Å². The average molecular weight is 250 g/mol. The van der Waals surface area contributed by atoms with Gasteiger partial charge in [-0.15, -0.1) is 11.3 Å². The number of nitrogens with zero attached hydrogens (tertiary/aromatic N) is 1. The highest BCUT2D eigenvalue weighted by molar-refractivity contribution is 7.16. The van der Waals surface area contributed by atoms with Crippen molar-refractivity contribution in [3.63, 3.8) is 0 Å². The minimum Gasteiger partial charge on any atom is -0.225 e. The molecule has 82 valence electrons. The van der Waals surface area contributed by atoms with E-state index in [-0.39, 0.29) is 5.41 Å². The van der Waals surface area contributed by atoms with Crippen molar-refractivity contribution < 1.29 is 0 Å². The van der Waals surface area contributed by atoms with Crippen LogP contribution < -0.4 is 0 Å². The molecule has 0 amide bonds. The Morgan fingerprint density at radius 2 is 2.06 bits per heavy atom. The van der Waals surface area contributed by atoms with E-state index in [1.54, 1.807) is 11.3 Å². The molecule has 1 aliphatic carbocycles. The second-order valence-electron chi connectivity index (χ2n) is 4.84. The van der Waals surface area contributed by atoms with Crippen molar-refractivity contribution in [1.29, 1.82) is 0 Å². The summed E-state index contributed by atoms with van der Waals surface area (Å²) in [5.41, 5.74) is 3.89. The fourth-order valence-corrected chi connectivity index (χ4v) is 3.82. The minimum atomic E-state index is 0.180. The van der Waals surface area contributed by atoms with Crippen LogP contribution in [0.15, 0.2) is 24.3 Å². The van der Waals surface area contributed by atoms with Gasteiger partial charge in [-0.3, -0.25) is 0 Å². The fraction of sp³-hybridized carbons (Fsp3) is 0.308. The first-order valence-electron chi connectivity index (χ1n) is 5.33. The summed E-state index contributed by atoms with van der Waals surface area (Å²) in [5.74, 6) is 0. The number of hydrogen-bond donors (Lipinski definition) is 0. The molecule has 0 saturated carbocycles. The van der Waals surface area contributed by atoms with E-state index >= 15 is 0 Å². The van der Waals surface area contributed by atoms with Crippen LogP contribution in [0.5, 0.6) is 0 Å². The van der Waals surface area contributed by atoms with Crippen LogP contribution in [0.2, 0.25) is 4.47 Å². The van der Waals surface area contributed by atoms with Gasteiger partial charge >= 0.3 is 0 Å². The topological polar surface area (TPSA) is 12.9 Å². The number of benzene rings is 1. The Kier molecular flexibility index (Phi) is 2.13. The van der Waals surface area contributed by atoms with Crippen molar-refractivity contribution in [1.82, 2.24) is 4.98 Å². The van der Waals surface area contributed by atoms with Crippen LogP contribution in [0.3, 0.4) is 0 Å². The molecular formula is C13H12ClNS. The predicted molar refractivity (Wildman–Crippen MR) is 69.3 cm³/mol. The molecule has 0 unspecified atom stereocenters. The Balaban J connectivity index is 2.32. The van der Waals surface area contributed by atoms with E-state index in [9.17, 15) is 0 Å². The average Bonchev–Trinajstić information content (AvgIpc) is 2.58. The molecule has 2 aromatic rings. The van der Waals surface area contributed by atoms with Crippen LogP contribution in [0.1, 0.15) is 24.3 Å². The van der Waals surface area contributed by atoms with Gasteiger partial charge in [0.25, 0.3) is 0 Å². The van der Waals surface area contributed by atoms with Crippen LogP contribution in [0.25, 0.3) is 11.3 Å². The van der Waals surface area contributed by atoms with Gasteiger partial charge in [0.1, 0.15) is 0 Å². The van der Waals surface area contributed by atoms with Crippen molar-refractivity contribution >= 4 is 22.9 Å². The molecule has 0 atom stereocenters. The lowest BCUT2D eigenvalue weighted by Crippen LogP contribution is -2.24. The second-order valence-corrected chi connectivity index (χ2v) is 6.51. The first-order chi connectivity index (χ1) is 7.58. The lowest BCUT2D eigenvalue weighted by Gasteiger charge is -2.31. The number of halogens is 1. The highest BCUT2D eigenvalue weighted by Crippen LogP contribution is 2.45. The Morgan fingerprint density at radius 3 is 2.88 bits per heavy atom. The van der Waals surface area contributed by atoms with Gasteiger partial charge < -0.3 is 0 Å². The number of fused-ring (bicyclic) bond motifs is 3. The number of aromatic nitrogens is 1. The van der Waals surface area contributed by atoms with Gasteiger partial charge in [0.15, 0.2) is 4.47 Å². The highest BCUT2D eigenvalue weighted by atomic mass is 35.5. The lowest BCUT2D eigenvalue weighted by molar-refractivity contribution is 0.521. The third kappa shape index (κ3) is 1.40. The maximum atomic E-state index is 6.02. The smallest absolute Gasteiger partial charge is 0.184 e. The Bertz CT molecular complexity index is 557. The van der Waals surface area contributed by atoms with Gasteiger partial charge in [-0.1, -0.05) is 49.7 Å². The molecule has 0 aliphatic heterocycles. The number of thiazole rings is 1. The molecule has 1 aromatic heterocycles. The monoisotopic (exact) mass is 249 g/mol. The third-order valence-electron chi connectivity index (χ3n) is 3.19. The van der Waals surface area contributed by atoms with Crippen LogP contribution >= 0.6 is 22.9 Å². The molecule has 1 nitrogen and oxygen atoms in total. The van der Waals surface area contributed by atoms with Crippen molar-refractivity contribution in [2.45, 2.75) is 25.7 Å². The van der Waals surface area contributed by atoms with Gasteiger partial charge in [-0.25, -0.2) is 4.98 Å². The first-order valence-corrected chi connectivity index (χ1v) is 6.52. The normalized spacial score (nSPS) is 16.7. The summed E-state index contributed by atoms with van der Waals surface area (Å²) in [6.45, 7) is 4.56. The lowest BCUT2D eigenvalue weighted by atomic mass is 9.74. The number of rotatable bonds is 0. The summed E-state index contributed by atoms with van der Waals surface area (Å²) in [6, 6.07) is 8.51. The van der Waals surface area contributed by atoms with Crippen LogP contribution in [-0.4, -0.2) is 4.98 Å². The van der Waals surface area contributed by atoms with E-state index in [2.05, 4.69) is 43.1 Å². The molecule has 16 heavy (non-hydrogen) atoms. The molecular weight excluding hydrogens is 238 g/mol. The molecule has 1 aromatic carbocycles. The second kappa shape index (κ2) is 3.31.